The number of halogens is 2. The van der Waals surface area contributed by atoms with Crippen molar-refractivity contribution < 1.29 is 27.9 Å². The second kappa shape index (κ2) is 13.8. The number of carbonyl (C=O) groups excluding carboxylic acids is 2. The number of anilines is 1. The van der Waals surface area contributed by atoms with Gasteiger partial charge in [-0.2, -0.15) is 0 Å². The first-order chi connectivity index (χ1) is 21.6. The van der Waals surface area contributed by atoms with E-state index in [0.29, 0.717) is 29.7 Å². The Labute approximate surface area is 269 Å². The Bertz CT molecular complexity index is 1510. The number of furan rings is 1. The second-order valence-corrected chi connectivity index (χ2v) is 13.6. The summed E-state index contributed by atoms with van der Waals surface area (Å²) in [5.41, 5.74) is 1.22. The van der Waals surface area contributed by atoms with E-state index in [2.05, 4.69) is 31.0 Å². The van der Waals surface area contributed by atoms with Crippen molar-refractivity contribution in [2.45, 2.75) is 89.7 Å². The molecule has 6 rings (SSSR count). The number of ether oxygens (including phenoxy) is 2. The van der Waals surface area contributed by atoms with E-state index in [1.807, 2.05) is 17.0 Å². The fraction of sp³-hybridized carbons (Fsp3) is 0.543. The minimum atomic E-state index is -0.601. The van der Waals surface area contributed by atoms with Gasteiger partial charge >= 0.3 is 0 Å². The molecule has 242 valence electrons. The van der Waals surface area contributed by atoms with Gasteiger partial charge in [0.2, 0.25) is 5.91 Å². The third-order valence-corrected chi connectivity index (χ3v) is 9.93. The first-order valence-electron chi connectivity index (χ1n) is 16.2. The van der Waals surface area contributed by atoms with Gasteiger partial charge in [-0.05, 0) is 75.6 Å². The summed E-state index contributed by atoms with van der Waals surface area (Å²) >= 11 is 6.53. The van der Waals surface area contributed by atoms with Crippen LogP contribution in [0.4, 0.5) is 10.1 Å². The summed E-state index contributed by atoms with van der Waals surface area (Å²) < 4.78 is 33.3. The summed E-state index contributed by atoms with van der Waals surface area (Å²) in [5, 5.41) is 3.49. The highest BCUT2D eigenvalue weighted by Crippen LogP contribution is 2.32. The molecule has 10 heteroatoms. The molecule has 2 saturated heterocycles. The van der Waals surface area contributed by atoms with Crippen LogP contribution in [0.15, 0.2) is 47.1 Å². The number of rotatable bonds is 8. The summed E-state index contributed by atoms with van der Waals surface area (Å²) in [6.45, 7) is 9.14. The summed E-state index contributed by atoms with van der Waals surface area (Å²) in [7, 11) is 0. The molecule has 0 spiro atoms. The zero-order valence-corrected chi connectivity index (χ0v) is 27.0. The van der Waals surface area contributed by atoms with Gasteiger partial charge in [0.15, 0.2) is 0 Å². The average molecular weight is 640 g/mol. The zero-order valence-electron chi connectivity index (χ0n) is 26.3. The van der Waals surface area contributed by atoms with Crippen LogP contribution in [0.5, 0.6) is 0 Å². The molecule has 8 nitrogen and oxygen atoms in total. The van der Waals surface area contributed by atoms with Crippen molar-refractivity contribution in [2.24, 2.45) is 5.92 Å². The highest BCUT2D eigenvalue weighted by atomic mass is 35.5. The summed E-state index contributed by atoms with van der Waals surface area (Å²) in [6, 6.07) is 9.89. The Balaban J connectivity index is 1.14. The van der Waals surface area contributed by atoms with Crippen LogP contribution in [0.2, 0.25) is 5.02 Å². The van der Waals surface area contributed by atoms with E-state index in [-0.39, 0.29) is 59.0 Å². The van der Waals surface area contributed by atoms with E-state index >= 15 is 4.39 Å². The van der Waals surface area contributed by atoms with Crippen LogP contribution >= 0.6 is 11.6 Å². The number of morpholine rings is 1. The van der Waals surface area contributed by atoms with Gasteiger partial charge in [-0.25, -0.2) is 4.39 Å². The molecule has 2 aliphatic heterocycles. The molecule has 4 atom stereocenters. The first-order valence-corrected chi connectivity index (χ1v) is 16.6. The molecule has 0 bridgehead atoms. The number of nitrogens with zero attached hydrogens (tertiary/aromatic N) is 2. The van der Waals surface area contributed by atoms with Crippen molar-refractivity contribution in [1.82, 2.24) is 9.80 Å². The van der Waals surface area contributed by atoms with Gasteiger partial charge in [-0.1, -0.05) is 36.7 Å². The number of amides is 2. The molecule has 1 aliphatic carbocycles. The third-order valence-electron chi connectivity index (χ3n) is 9.62. The molecule has 3 heterocycles. The number of fused-ring (bicyclic) bond motifs is 1. The normalized spacial score (nSPS) is 27.6. The van der Waals surface area contributed by atoms with Crippen LogP contribution in [0.3, 0.4) is 0 Å². The van der Waals surface area contributed by atoms with E-state index in [0.717, 1.165) is 38.3 Å². The van der Waals surface area contributed by atoms with E-state index in [1.54, 1.807) is 12.1 Å². The van der Waals surface area contributed by atoms with E-state index < -0.39 is 11.7 Å². The van der Waals surface area contributed by atoms with Gasteiger partial charge in [0, 0.05) is 31.1 Å². The molecule has 1 aromatic heterocycles. The lowest BCUT2D eigenvalue weighted by Crippen LogP contribution is -2.51. The van der Waals surface area contributed by atoms with E-state index in [1.165, 1.54) is 31.2 Å². The molecular weight excluding hydrogens is 597 g/mol. The quantitative estimate of drug-likeness (QED) is 0.296. The molecule has 0 unspecified atom stereocenters. The zero-order chi connectivity index (χ0) is 31.7. The first kappa shape index (κ1) is 32.0. The predicted molar refractivity (Wildman–Crippen MR) is 172 cm³/mol. The number of carbonyl (C=O) groups is 2. The van der Waals surface area contributed by atoms with Gasteiger partial charge in [-0.15, -0.1) is 0 Å². The molecule has 45 heavy (non-hydrogen) atoms. The highest BCUT2D eigenvalue weighted by molar-refractivity contribution is 6.34. The second-order valence-electron chi connectivity index (χ2n) is 13.2. The standard InChI is InChI=1S/C35H43ClFN3O5/c1-21-8-10-27(11-9-21)43-19-26-14-25(39-16-22(2)45-23(3)17-39)18-40(26)34(41)13-24-12-30(36)32(15-31(24)37)38-35(42)29-20-44-33-7-5-4-6-28(29)33/h4-7,12,15,20-23,25-27H,8-11,13-14,16-19H2,1-3H3,(H,38,42)/t21?,22-,23+,25-,26-,27?/m0/s1. The number of nitrogens with one attached hydrogen (secondary N) is 1. The Morgan fingerprint density at radius 3 is 2.53 bits per heavy atom. The molecule has 1 saturated carbocycles. The Morgan fingerprint density at radius 1 is 1.04 bits per heavy atom. The van der Waals surface area contributed by atoms with Crippen molar-refractivity contribution in [1.29, 1.82) is 0 Å². The van der Waals surface area contributed by atoms with Crippen LogP contribution in [-0.2, 0) is 20.7 Å². The Kier molecular flexibility index (Phi) is 9.80. The fourth-order valence-electron chi connectivity index (χ4n) is 7.21. The molecular formula is C35H43ClFN3O5. The maximum absolute atomic E-state index is 15.5. The summed E-state index contributed by atoms with van der Waals surface area (Å²) in [4.78, 5) is 31.1. The van der Waals surface area contributed by atoms with Crippen LogP contribution in [0.25, 0.3) is 11.0 Å². The lowest BCUT2D eigenvalue weighted by atomic mass is 9.89. The van der Waals surface area contributed by atoms with Crippen molar-refractivity contribution in [2.75, 3.05) is 31.6 Å². The van der Waals surface area contributed by atoms with Crippen molar-refractivity contribution in [3.63, 3.8) is 0 Å². The number of hydrogen-bond acceptors (Lipinski definition) is 6. The Hall–Kier alpha value is -2.98. The molecule has 3 fully saturated rings. The van der Waals surface area contributed by atoms with Crippen LogP contribution in [-0.4, -0.2) is 78.3 Å². The fourth-order valence-corrected chi connectivity index (χ4v) is 7.44. The predicted octanol–water partition coefficient (Wildman–Crippen LogP) is 6.69. The van der Waals surface area contributed by atoms with Crippen molar-refractivity contribution >= 4 is 40.1 Å². The smallest absolute Gasteiger partial charge is 0.259 e. The van der Waals surface area contributed by atoms with Crippen LogP contribution in [0.1, 0.15) is 68.8 Å². The van der Waals surface area contributed by atoms with Gasteiger partial charge in [0.25, 0.3) is 5.91 Å². The largest absolute Gasteiger partial charge is 0.463 e. The Morgan fingerprint density at radius 2 is 1.78 bits per heavy atom. The summed E-state index contributed by atoms with van der Waals surface area (Å²) in [6.07, 6.45) is 6.95. The minimum Gasteiger partial charge on any atom is -0.463 e. The average Bonchev–Trinajstić information content (AvgIpc) is 3.64. The van der Waals surface area contributed by atoms with E-state index in [4.69, 9.17) is 25.5 Å². The number of likely N-dealkylation sites (tertiary alicyclic amines) is 1. The summed E-state index contributed by atoms with van der Waals surface area (Å²) in [5.74, 6) is -0.489. The molecule has 0 radical (unpaired) electrons. The van der Waals surface area contributed by atoms with Gasteiger partial charge < -0.3 is 24.1 Å². The molecule has 3 aliphatic rings. The topological polar surface area (TPSA) is 84.3 Å². The third kappa shape index (κ3) is 7.38. The van der Waals surface area contributed by atoms with Crippen LogP contribution in [0, 0.1) is 11.7 Å². The molecule has 2 aromatic carbocycles. The lowest BCUT2D eigenvalue weighted by Gasteiger charge is -2.38. The van der Waals surface area contributed by atoms with Gasteiger partial charge in [-0.3, -0.25) is 14.5 Å². The molecule has 3 aromatic rings. The maximum atomic E-state index is 15.5. The maximum Gasteiger partial charge on any atom is 0.259 e. The highest BCUT2D eigenvalue weighted by Gasteiger charge is 2.40. The lowest BCUT2D eigenvalue weighted by molar-refractivity contribution is -0.133. The number of para-hydroxylation sites is 1. The van der Waals surface area contributed by atoms with Crippen molar-refractivity contribution in [3.05, 3.63) is 64.6 Å². The number of hydrogen-bond donors (Lipinski definition) is 1. The van der Waals surface area contributed by atoms with Crippen molar-refractivity contribution in [3.8, 4) is 0 Å². The molecule has 2 amide bonds. The number of benzene rings is 2. The van der Waals surface area contributed by atoms with E-state index in [9.17, 15) is 9.59 Å². The monoisotopic (exact) mass is 639 g/mol. The minimum absolute atomic E-state index is 0.0859. The SMILES string of the molecule is CC1CCC(OC[C@@H]2C[C@H](N3C[C@@H](C)O[C@@H](C)C3)CN2C(=O)Cc2cc(Cl)c(NC(=O)c3coc4ccccc34)cc2F)CC1. The van der Waals surface area contributed by atoms with Gasteiger partial charge in [0.05, 0.1) is 53.7 Å². The molecule has 1 N–H and O–H groups in total. The van der Waals surface area contributed by atoms with Gasteiger partial charge in [0.1, 0.15) is 17.7 Å². The van der Waals surface area contributed by atoms with Crippen LogP contribution < -0.4 is 5.32 Å².